The maximum Gasteiger partial charge on any atom is 0.249 e. The van der Waals surface area contributed by atoms with Gasteiger partial charge >= 0.3 is 0 Å². The normalized spacial score (nSPS) is 18.9. The number of anilines is 1. The summed E-state index contributed by atoms with van der Waals surface area (Å²) in [5, 5.41) is 12.3. The summed E-state index contributed by atoms with van der Waals surface area (Å²) in [5.74, 6) is 0.180. The van der Waals surface area contributed by atoms with Crippen molar-refractivity contribution in [1.29, 1.82) is 0 Å². The number of hydrogen-bond donors (Lipinski definition) is 1. The highest BCUT2D eigenvalue weighted by atomic mass is 32.1. The molecular formula is C14H22N4O2S. The van der Waals surface area contributed by atoms with Crippen molar-refractivity contribution >= 4 is 28.3 Å². The van der Waals surface area contributed by atoms with Crippen molar-refractivity contribution in [3.63, 3.8) is 0 Å². The third-order valence-electron chi connectivity index (χ3n) is 3.59. The molecule has 1 N–H and O–H groups in total. The smallest absolute Gasteiger partial charge is 0.249 e. The average Bonchev–Trinajstić information content (AvgIpc) is 2.95. The summed E-state index contributed by atoms with van der Waals surface area (Å²) in [6.07, 6.45) is 3.08. The largest absolute Gasteiger partial charge is 0.331 e. The summed E-state index contributed by atoms with van der Waals surface area (Å²) >= 11 is 1.39. The monoisotopic (exact) mass is 310 g/mol. The molecule has 21 heavy (non-hydrogen) atoms. The van der Waals surface area contributed by atoms with Crippen molar-refractivity contribution in [2.24, 2.45) is 0 Å². The Morgan fingerprint density at radius 1 is 1.38 bits per heavy atom. The molecule has 0 unspecified atom stereocenters. The van der Waals surface area contributed by atoms with Gasteiger partial charge in [-0.3, -0.25) is 14.9 Å². The van der Waals surface area contributed by atoms with Crippen LogP contribution in [-0.4, -0.2) is 39.5 Å². The molecule has 1 aromatic rings. The van der Waals surface area contributed by atoms with Gasteiger partial charge in [-0.1, -0.05) is 32.1 Å². The van der Waals surface area contributed by atoms with E-state index in [1.54, 1.807) is 4.90 Å². The summed E-state index contributed by atoms with van der Waals surface area (Å²) in [6, 6.07) is -0.377. The zero-order valence-corrected chi connectivity index (χ0v) is 13.6. The summed E-state index contributed by atoms with van der Waals surface area (Å²) < 4.78 is 0. The summed E-state index contributed by atoms with van der Waals surface area (Å²) in [5.41, 5.74) is 0. The lowest BCUT2D eigenvalue weighted by atomic mass is 10.0. The molecule has 0 bridgehead atoms. The molecule has 6 nitrogen and oxygen atoms in total. The quantitative estimate of drug-likeness (QED) is 0.926. The van der Waals surface area contributed by atoms with Crippen molar-refractivity contribution in [2.45, 2.75) is 58.4 Å². The second-order valence-electron chi connectivity index (χ2n) is 5.54. The number of rotatable bonds is 4. The Kier molecular flexibility index (Phi) is 5.27. The van der Waals surface area contributed by atoms with E-state index in [4.69, 9.17) is 0 Å². The molecule has 1 atom stereocenters. The minimum Gasteiger partial charge on any atom is -0.331 e. The molecule has 0 radical (unpaired) electrons. The number of nitrogens with zero attached hydrogens (tertiary/aromatic N) is 3. The second-order valence-corrected chi connectivity index (χ2v) is 6.55. The first kappa shape index (κ1) is 15.9. The molecule has 1 fully saturated rings. The summed E-state index contributed by atoms with van der Waals surface area (Å²) in [4.78, 5) is 26.1. The first-order chi connectivity index (χ1) is 10.0. The minimum atomic E-state index is -0.377. The van der Waals surface area contributed by atoms with E-state index in [1.165, 1.54) is 11.3 Å². The maximum atomic E-state index is 12.4. The van der Waals surface area contributed by atoms with Crippen molar-refractivity contribution in [1.82, 2.24) is 15.1 Å². The molecule has 2 heterocycles. The van der Waals surface area contributed by atoms with E-state index in [9.17, 15) is 9.59 Å². The molecule has 1 aliphatic rings. The van der Waals surface area contributed by atoms with Crippen LogP contribution < -0.4 is 5.32 Å². The van der Waals surface area contributed by atoms with Gasteiger partial charge in [0.05, 0.1) is 0 Å². The molecule has 7 heteroatoms. The van der Waals surface area contributed by atoms with Gasteiger partial charge < -0.3 is 4.90 Å². The lowest BCUT2D eigenvalue weighted by Gasteiger charge is -2.34. The van der Waals surface area contributed by atoms with Crippen LogP contribution in [0.25, 0.3) is 0 Å². The van der Waals surface area contributed by atoms with Gasteiger partial charge in [-0.05, 0) is 19.3 Å². The van der Waals surface area contributed by atoms with Crippen molar-refractivity contribution in [3.8, 4) is 0 Å². The number of amides is 2. The Labute approximate surface area is 128 Å². The van der Waals surface area contributed by atoms with Crippen LogP contribution >= 0.6 is 11.3 Å². The lowest BCUT2D eigenvalue weighted by Crippen LogP contribution is -2.49. The van der Waals surface area contributed by atoms with Gasteiger partial charge in [-0.15, -0.1) is 10.2 Å². The Hall–Kier alpha value is -1.50. The molecule has 0 spiro atoms. The van der Waals surface area contributed by atoms with Crippen LogP contribution in [0.15, 0.2) is 0 Å². The van der Waals surface area contributed by atoms with E-state index in [2.05, 4.69) is 15.5 Å². The van der Waals surface area contributed by atoms with E-state index in [-0.39, 0.29) is 17.9 Å². The van der Waals surface area contributed by atoms with Crippen molar-refractivity contribution in [3.05, 3.63) is 5.01 Å². The number of aromatic nitrogens is 2. The Morgan fingerprint density at radius 2 is 2.14 bits per heavy atom. The van der Waals surface area contributed by atoms with Gasteiger partial charge in [0.25, 0.3) is 0 Å². The fraction of sp³-hybridized carbons (Fsp3) is 0.714. The van der Waals surface area contributed by atoms with Crippen LogP contribution in [0.5, 0.6) is 0 Å². The highest BCUT2D eigenvalue weighted by Crippen LogP contribution is 2.24. The number of carbonyl (C=O) groups excluding carboxylic acids is 2. The fourth-order valence-electron chi connectivity index (χ4n) is 2.41. The third kappa shape index (κ3) is 3.78. The van der Waals surface area contributed by atoms with E-state index in [0.29, 0.717) is 30.4 Å². The van der Waals surface area contributed by atoms with Gasteiger partial charge in [0.2, 0.25) is 16.9 Å². The number of nitrogens with one attached hydrogen (secondary N) is 1. The number of hydrogen-bond acceptors (Lipinski definition) is 5. The average molecular weight is 310 g/mol. The van der Waals surface area contributed by atoms with Crippen molar-refractivity contribution < 1.29 is 9.59 Å². The second kappa shape index (κ2) is 6.98. The maximum absolute atomic E-state index is 12.4. The highest BCUT2D eigenvalue weighted by molar-refractivity contribution is 7.15. The SMILES string of the molecule is CCC(=O)N1CCCC[C@@H]1C(=O)Nc1nnc(C(C)C)s1. The van der Waals surface area contributed by atoms with Crippen LogP contribution in [0, 0.1) is 0 Å². The zero-order valence-electron chi connectivity index (χ0n) is 12.8. The van der Waals surface area contributed by atoms with Gasteiger partial charge in [-0.25, -0.2) is 0 Å². The van der Waals surface area contributed by atoms with E-state index >= 15 is 0 Å². The standard InChI is InChI=1S/C14H22N4O2S/c1-4-11(19)18-8-6-5-7-10(18)12(20)15-14-17-16-13(21-14)9(2)3/h9-10H,4-8H2,1-3H3,(H,15,17,20)/t10-/m1/s1. The van der Waals surface area contributed by atoms with Gasteiger partial charge in [0, 0.05) is 18.9 Å². The van der Waals surface area contributed by atoms with Crippen LogP contribution in [0.3, 0.4) is 0 Å². The van der Waals surface area contributed by atoms with Crippen LogP contribution in [0.2, 0.25) is 0 Å². The predicted molar refractivity (Wildman–Crippen MR) is 82.3 cm³/mol. The van der Waals surface area contributed by atoms with Gasteiger partial charge in [-0.2, -0.15) is 0 Å². The minimum absolute atomic E-state index is 0.0370. The molecule has 1 aromatic heterocycles. The molecule has 1 aliphatic heterocycles. The first-order valence-electron chi connectivity index (χ1n) is 7.46. The molecular weight excluding hydrogens is 288 g/mol. The first-order valence-corrected chi connectivity index (χ1v) is 8.28. The van der Waals surface area contributed by atoms with Crippen LogP contribution in [-0.2, 0) is 9.59 Å². The van der Waals surface area contributed by atoms with Crippen LogP contribution in [0.1, 0.15) is 57.4 Å². The van der Waals surface area contributed by atoms with E-state index in [0.717, 1.165) is 17.8 Å². The number of piperidine rings is 1. The lowest BCUT2D eigenvalue weighted by molar-refractivity contribution is -0.140. The van der Waals surface area contributed by atoms with E-state index in [1.807, 2.05) is 20.8 Å². The molecule has 116 valence electrons. The fourth-order valence-corrected chi connectivity index (χ4v) is 3.16. The van der Waals surface area contributed by atoms with E-state index < -0.39 is 0 Å². The number of carbonyl (C=O) groups is 2. The molecule has 0 aromatic carbocycles. The van der Waals surface area contributed by atoms with Crippen molar-refractivity contribution in [2.75, 3.05) is 11.9 Å². The van der Waals surface area contributed by atoms with Gasteiger partial charge in [0.1, 0.15) is 11.0 Å². The Bertz CT molecular complexity index is 515. The molecule has 1 saturated heterocycles. The molecule has 0 saturated carbocycles. The highest BCUT2D eigenvalue weighted by Gasteiger charge is 2.31. The van der Waals surface area contributed by atoms with Crippen LogP contribution in [0.4, 0.5) is 5.13 Å². The molecule has 2 amide bonds. The molecule has 0 aliphatic carbocycles. The summed E-state index contributed by atoms with van der Waals surface area (Å²) in [7, 11) is 0. The predicted octanol–water partition coefficient (Wildman–Crippen LogP) is 2.39. The topological polar surface area (TPSA) is 75.2 Å². The van der Waals surface area contributed by atoms with Gasteiger partial charge in [0.15, 0.2) is 0 Å². The Balaban J connectivity index is 2.04. The zero-order chi connectivity index (χ0) is 15.4. The Morgan fingerprint density at radius 3 is 2.76 bits per heavy atom. The third-order valence-corrected chi connectivity index (χ3v) is 4.73. The number of likely N-dealkylation sites (tertiary alicyclic amines) is 1. The molecule has 2 rings (SSSR count). The summed E-state index contributed by atoms with van der Waals surface area (Å²) in [6.45, 7) is 6.56.